The van der Waals surface area contributed by atoms with Crippen LogP contribution in [0.1, 0.15) is 51.4 Å². The van der Waals surface area contributed by atoms with Crippen LogP contribution in [-0.2, 0) is 9.59 Å². The first kappa shape index (κ1) is 16.5. The molecule has 1 aromatic carbocycles. The van der Waals surface area contributed by atoms with Crippen molar-refractivity contribution in [2.75, 3.05) is 5.32 Å². The predicted octanol–water partition coefficient (Wildman–Crippen LogP) is 4.01. The van der Waals surface area contributed by atoms with Gasteiger partial charge in [-0.3, -0.25) is 9.59 Å². The van der Waals surface area contributed by atoms with Gasteiger partial charge in [0.05, 0.1) is 0 Å². The van der Waals surface area contributed by atoms with E-state index in [1.807, 2.05) is 24.3 Å². The largest absolute Gasteiger partial charge is 0.352 e. The van der Waals surface area contributed by atoms with Crippen LogP contribution in [0.2, 0.25) is 0 Å². The highest BCUT2D eigenvalue weighted by molar-refractivity contribution is 9.10. The Morgan fingerprint density at radius 2 is 1.74 bits per heavy atom. The average molecular weight is 379 g/mol. The third-order valence-electron chi connectivity index (χ3n) is 4.89. The Morgan fingerprint density at radius 1 is 1.04 bits per heavy atom. The van der Waals surface area contributed by atoms with Gasteiger partial charge in [0.2, 0.25) is 11.8 Å². The minimum Gasteiger partial charge on any atom is -0.352 e. The lowest BCUT2D eigenvalue weighted by Crippen LogP contribution is -2.44. The van der Waals surface area contributed by atoms with E-state index in [1.165, 1.54) is 25.7 Å². The molecule has 0 spiro atoms. The number of carbonyl (C=O) groups is 2. The van der Waals surface area contributed by atoms with Gasteiger partial charge >= 0.3 is 0 Å². The van der Waals surface area contributed by atoms with Gasteiger partial charge in [-0.05, 0) is 43.9 Å². The quantitative estimate of drug-likeness (QED) is 0.614. The van der Waals surface area contributed by atoms with Gasteiger partial charge in [0.15, 0.2) is 0 Å². The fourth-order valence-electron chi connectivity index (χ4n) is 3.25. The fraction of sp³-hybridized carbons (Fsp3) is 0.556. The van der Waals surface area contributed by atoms with E-state index in [0.29, 0.717) is 12.8 Å². The summed E-state index contributed by atoms with van der Waals surface area (Å²) in [5.41, 5.74) is -0.132. The Kier molecular flexibility index (Phi) is 5.05. The molecule has 1 aromatic rings. The van der Waals surface area contributed by atoms with E-state index in [1.54, 1.807) is 0 Å². The second kappa shape index (κ2) is 7.04. The van der Waals surface area contributed by atoms with E-state index >= 15 is 0 Å². The van der Waals surface area contributed by atoms with E-state index in [2.05, 4.69) is 26.6 Å². The van der Waals surface area contributed by atoms with Gasteiger partial charge in [-0.25, -0.2) is 0 Å². The summed E-state index contributed by atoms with van der Waals surface area (Å²) in [5, 5.41) is 6.02. The van der Waals surface area contributed by atoms with Crippen molar-refractivity contribution < 1.29 is 9.59 Å². The molecule has 0 bridgehead atoms. The minimum absolute atomic E-state index is 0.0862. The summed E-state index contributed by atoms with van der Waals surface area (Å²) in [4.78, 5) is 25.2. The summed E-state index contributed by atoms with van der Waals surface area (Å²) in [5.74, 6) is -0.265. The number of hydrogen-bond donors (Lipinski definition) is 2. The molecule has 23 heavy (non-hydrogen) atoms. The van der Waals surface area contributed by atoms with Crippen molar-refractivity contribution in [2.24, 2.45) is 5.41 Å². The number of amides is 2. The molecule has 2 aliphatic rings. The molecule has 2 N–H and O–H groups in total. The van der Waals surface area contributed by atoms with Crippen LogP contribution in [-0.4, -0.2) is 17.9 Å². The van der Waals surface area contributed by atoms with E-state index in [4.69, 9.17) is 0 Å². The Bertz CT molecular complexity index is 590. The Hall–Kier alpha value is -1.36. The molecule has 0 aromatic heterocycles. The number of nitrogens with one attached hydrogen (secondary N) is 2. The number of anilines is 1. The predicted molar refractivity (Wildman–Crippen MR) is 94.1 cm³/mol. The van der Waals surface area contributed by atoms with Crippen molar-refractivity contribution >= 4 is 33.4 Å². The van der Waals surface area contributed by atoms with Crippen LogP contribution in [0.15, 0.2) is 28.7 Å². The molecule has 0 saturated heterocycles. The van der Waals surface area contributed by atoms with Crippen LogP contribution >= 0.6 is 15.9 Å². The van der Waals surface area contributed by atoms with Gasteiger partial charge in [-0.2, -0.15) is 0 Å². The van der Waals surface area contributed by atoms with Crippen LogP contribution in [0.4, 0.5) is 5.69 Å². The first-order valence-corrected chi connectivity index (χ1v) is 9.27. The third kappa shape index (κ3) is 3.94. The summed E-state index contributed by atoms with van der Waals surface area (Å²) >= 11 is 3.39. The minimum atomic E-state index is -0.853. The summed E-state index contributed by atoms with van der Waals surface area (Å²) < 4.78 is 0.906. The van der Waals surface area contributed by atoms with Crippen molar-refractivity contribution in [3.8, 4) is 0 Å². The average Bonchev–Trinajstić information content (AvgIpc) is 3.33. The lowest BCUT2D eigenvalue weighted by atomic mass is 10.0. The summed E-state index contributed by atoms with van der Waals surface area (Å²) in [6.07, 6.45) is 8.20. The second-order valence-electron chi connectivity index (χ2n) is 6.71. The SMILES string of the molecule is O=C(Nc1cccc(Br)c1)C1(C(=O)NC2CCCCCC2)CC1. The Labute approximate surface area is 145 Å². The van der Waals surface area contributed by atoms with Crippen LogP contribution in [0, 0.1) is 5.41 Å². The van der Waals surface area contributed by atoms with Crippen LogP contribution < -0.4 is 10.6 Å². The molecule has 3 rings (SSSR count). The van der Waals surface area contributed by atoms with Crippen molar-refractivity contribution in [3.63, 3.8) is 0 Å². The number of halogens is 1. The molecule has 2 fully saturated rings. The molecular weight excluding hydrogens is 356 g/mol. The topological polar surface area (TPSA) is 58.2 Å². The lowest BCUT2D eigenvalue weighted by molar-refractivity contribution is -0.134. The summed E-state index contributed by atoms with van der Waals surface area (Å²) in [6, 6.07) is 7.69. The maximum Gasteiger partial charge on any atom is 0.240 e. The molecule has 0 unspecified atom stereocenters. The van der Waals surface area contributed by atoms with Crippen molar-refractivity contribution in [3.05, 3.63) is 28.7 Å². The molecule has 4 nitrogen and oxygen atoms in total. The molecule has 5 heteroatoms. The van der Waals surface area contributed by atoms with E-state index in [9.17, 15) is 9.59 Å². The molecule has 124 valence electrons. The summed E-state index contributed by atoms with van der Waals surface area (Å²) in [7, 11) is 0. The highest BCUT2D eigenvalue weighted by Crippen LogP contribution is 2.47. The Balaban J connectivity index is 1.61. The zero-order valence-corrected chi connectivity index (χ0v) is 14.8. The van der Waals surface area contributed by atoms with Gasteiger partial charge in [0, 0.05) is 16.2 Å². The molecular formula is C18H23BrN2O2. The molecule has 2 saturated carbocycles. The molecule has 0 heterocycles. The van der Waals surface area contributed by atoms with Gasteiger partial charge in [-0.1, -0.05) is 47.7 Å². The number of carbonyl (C=O) groups excluding carboxylic acids is 2. The maximum atomic E-state index is 12.6. The highest BCUT2D eigenvalue weighted by atomic mass is 79.9. The first-order chi connectivity index (χ1) is 11.1. The smallest absolute Gasteiger partial charge is 0.240 e. The molecule has 2 aliphatic carbocycles. The lowest BCUT2D eigenvalue weighted by Gasteiger charge is -2.21. The number of rotatable bonds is 4. The standard InChI is InChI=1S/C18H23BrN2O2/c19-13-6-5-9-15(12-13)21-17(23)18(10-11-18)16(22)20-14-7-3-1-2-4-8-14/h5-6,9,12,14H,1-4,7-8,10-11H2,(H,20,22)(H,21,23). The monoisotopic (exact) mass is 378 g/mol. The van der Waals surface area contributed by atoms with Crippen LogP contribution in [0.3, 0.4) is 0 Å². The van der Waals surface area contributed by atoms with E-state index < -0.39 is 5.41 Å². The van der Waals surface area contributed by atoms with Gasteiger partial charge < -0.3 is 10.6 Å². The normalized spacial score (nSPS) is 20.4. The maximum absolute atomic E-state index is 12.6. The summed E-state index contributed by atoms with van der Waals surface area (Å²) in [6.45, 7) is 0. The van der Waals surface area contributed by atoms with E-state index in [0.717, 1.165) is 23.0 Å². The van der Waals surface area contributed by atoms with Crippen LogP contribution in [0.25, 0.3) is 0 Å². The Morgan fingerprint density at radius 3 is 2.35 bits per heavy atom. The third-order valence-corrected chi connectivity index (χ3v) is 5.39. The second-order valence-corrected chi connectivity index (χ2v) is 7.62. The van der Waals surface area contributed by atoms with Gasteiger partial charge in [-0.15, -0.1) is 0 Å². The number of benzene rings is 1. The first-order valence-electron chi connectivity index (χ1n) is 8.48. The molecule has 2 amide bonds. The zero-order valence-electron chi connectivity index (χ0n) is 13.2. The molecule has 0 aliphatic heterocycles. The van der Waals surface area contributed by atoms with Gasteiger partial charge in [0.1, 0.15) is 5.41 Å². The highest BCUT2D eigenvalue weighted by Gasteiger charge is 2.56. The van der Waals surface area contributed by atoms with E-state index in [-0.39, 0.29) is 17.9 Å². The van der Waals surface area contributed by atoms with Gasteiger partial charge in [0.25, 0.3) is 0 Å². The van der Waals surface area contributed by atoms with Crippen LogP contribution in [0.5, 0.6) is 0 Å². The van der Waals surface area contributed by atoms with Crippen molar-refractivity contribution in [2.45, 2.75) is 57.4 Å². The number of hydrogen-bond acceptors (Lipinski definition) is 2. The van der Waals surface area contributed by atoms with Crippen molar-refractivity contribution in [1.29, 1.82) is 0 Å². The fourth-order valence-corrected chi connectivity index (χ4v) is 3.65. The molecule has 0 atom stereocenters. The zero-order chi connectivity index (χ0) is 16.3. The molecule has 0 radical (unpaired) electrons. The van der Waals surface area contributed by atoms with Crippen molar-refractivity contribution in [1.82, 2.24) is 5.32 Å².